The Morgan fingerprint density at radius 1 is 1.06 bits per heavy atom. The van der Waals surface area contributed by atoms with E-state index >= 15 is 0 Å². The van der Waals surface area contributed by atoms with E-state index in [1.54, 1.807) is 12.1 Å². The van der Waals surface area contributed by atoms with Crippen molar-refractivity contribution in [3.63, 3.8) is 0 Å². The van der Waals surface area contributed by atoms with Gasteiger partial charge < -0.3 is 14.4 Å². The number of likely N-dealkylation sites (tertiary alicyclic amines) is 1. The maximum atomic E-state index is 13.4. The summed E-state index contributed by atoms with van der Waals surface area (Å²) in [5.74, 6) is 0.0729. The van der Waals surface area contributed by atoms with E-state index in [9.17, 15) is 13.2 Å². The topological polar surface area (TPSA) is 76.2 Å². The number of carbonyl (C=O) groups excluding carboxylic acids is 1. The van der Waals surface area contributed by atoms with Gasteiger partial charge in [-0.25, -0.2) is 8.42 Å². The molecule has 8 heteroatoms. The van der Waals surface area contributed by atoms with Gasteiger partial charge in [-0.2, -0.15) is 4.31 Å². The third-order valence-corrected chi connectivity index (χ3v) is 7.89. The van der Waals surface area contributed by atoms with Gasteiger partial charge in [-0.05, 0) is 43.5 Å². The van der Waals surface area contributed by atoms with Crippen molar-refractivity contribution in [3.05, 3.63) is 59.2 Å². The number of benzene rings is 2. The molecule has 0 spiro atoms. The highest BCUT2D eigenvalue weighted by Gasteiger charge is 2.33. The van der Waals surface area contributed by atoms with Crippen LogP contribution in [-0.4, -0.2) is 63.5 Å². The van der Waals surface area contributed by atoms with Crippen molar-refractivity contribution in [3.8, 4) is 5.75 Å². The molecule has 1 atom stereocenters. The summed E-state index contributed by atoms with van der Waals surface area (Å²) in [6, 6.07) is 12.9. The van der Waals surface area contributed by atoms with Gasteiger partial charge in [0.1, 0.15) is 10.6 Å². The van der Waals surface area contributed by atoms with Gasteiger partial charge in [-0.15, -0.1) is 0 Å². The average Bonchev–Trinajstić information content (AvgIpc) is 3.29. The van der Waals surface area contributed by atoms with Crippen molar-refractivity contribution in [2.75, 3.05) is 40.0 Å². The molecule has 4 rings (SSSR count). The lowest BCUT2D eigenvalue weighted by molar-refractivity contribution is 0.0727. The molecule has 2 heterocycles. The van der Waals surface area contributed by atoms with Gasteiger partial charge in [-0.3, -0.25) is 4.79 Å². The monoisotopic (exact) mass is 444 g/mol. The van der Waals surface area contributed by atoms with Crippen molar-refractivity contribution in [2.24, 2.45) is 0 Å². The highest BCUT2D eigenvalue weighted by atomic mass is 32.2. The van der Waals surface area contributed by atoms with Crippen LogP contribution in [0.1, 0.15) is 40.4 Å². The summed E-state index contributed by atoms with van der Waals surface area (Å²) >= 11 is 0. The van der Waals surface area contributed by atoms with E-state index in [1.807, 2.05) is 11.8 Å². The quantitative estimate of drug-likeness (QED) is 0.709. The number of rotatable bonds is 5. The molecule has 31 heavy (non-hydrogen) atoms. The van der Waals surface area contributed by atoms with E-state index in [0.29, 0.717) is 25.3 Å². The second-order valence-electron chi connectivity index (χ2n) is 7.95. The molecule has 166 valence electrons. The average molecular weight is 445 g/mol. The zero-order valence-electron chi connectivity index (χ0n) is 17.9. The van der Waals surface area contributed by atoms with Crippen molar-refractivity contribution < 1.29 is 22.7 Å². The fourth-order valence-electron chi connectivity index (χ4n) is 4.25. The predicted molar refractivity (Wildman–Crippen MR) is 117 cm³/mol. The van der Waals surface area contributed by atoms with Crippen molar-refractivity contribution in [1.29, 1.82) is 0 Å². The number of sulfonamides is 1. The first-order chi connectivity index (χ1) is 14.9. The maximum Gasteiger partial charge on any atom is 0.254 e. The molecule has 0 N–H and O–H groups in total. The van der Waals surface area contributed by atoms with Gasteiger partial charge in [0.15, 0.2) is 0 Å². The smallest absolute Gasteiger partial charge is 0.254 e. The van der Waals surface area contributed by atoms with Crippen LogP contribution < -0.4 is 4.74 Å². The number of aryl methyl sites for hydroxylation is 1. The fraction of sp³-hybridized carbons (Fsp3) is 0.435. The van der Waals surface area contributed by atoms with Crippen LogP contribution in [0.25, 0.3) is 0 Å². The van der Waals surface area contributed by atoms with Crippen LogP contribution in [0, 0.1) is 6.92 Å². The molecule has 0 aliphatic carbocycles. The van der Waals surface area contributed by atoms with Crippen LogP contribution in [0.15, 0.2) is 47.4 Å². The Morgan fingerprint density at radius 3 is 2.45 bits per heavy atom. The van der Waals surface area contributed by atoms with Crippen molar-refractivity contribution in [1.82, 2.24) is 9.21 Å². The number of hydrogen-bond acceptors (Lipinski definition) is 5. The largest absolute Gasteiger partial charge is 0.495 e. The third kappa shape index (κ3) is 4.33. The fourth-order valence-corrected chi connectivity index (χ4v) is 5.84. The first kappa shape index (κ1) is 21.8. The summed E-state index contributed by atoms with van der Waals surface area (Å²) in [7, 11) is -2.36. The SMILES string of the molecule is COc1ccc(C(=O)N2CCCC2c2ccc(C)cc2)cc1S(=O)(=O)N1CCOCC1. The van der Waals surface area contributed by atoms with E-state index in [0.717, 1.165) is 18.4 Å². The molecule has 2 aromatic rings. The molecule has 2 aliphatic heterocycles. The van der Waals surface area contributed by atoms with E-state index < -0.39 is 10.0 Å². The number of methoxy groups -OCH3 is 1. The van der Waals surface area contributed by atoms with Crippen molar-refractivity contribution >= 4 is 15.9 Å². The van der Waals surface area contributed by atoms with Crippen LogP contribution in [0.5, 0.6) is 5.75 Å². The molecular formula is C23H28N2O5S. The van der Waals surface area contributed by atoms with Crippen LogP contribution >= 0.6 is 0 Å². The van der Waals surface area contributed by atoms with Gasteiger partial charge >= 0.3 is 0 Å². The molecule has 2 fully saturated rings. The lowest BCUT2D eigenvalue weighted by Gasteiger charge is -2.28. The zero-order chi connectivity index (χ0) is 22.0. The van der Waals surface area contributed by atoms with Crippen molar-refractivity contribution in [2.45, 2.75) is 30.7 Å². The molecule has 2 aromatic carbocycles. The number of ether oxygens (including phenoxy) is 2. The maximum absolute atomic E-state index is 13.4. The molecule has 0 saturated carbocycles. The van der Waals surface area contributed by atoms with Gasteiger partial charge in [0.2, 0.25) is 10.0 Å². The minimum absolute atomic E-state index is 0.00509. The number of morpholine rings is 1. The Bertz CT molecular complexity index is 1050. The highest BCUT2D eigenvalue weighted by Crippen LogP contribution is 2.35. The Balaban J connectivity index is 1.65. The molecular weight excluding hydrogens is 416 g/mol. The van der Waals surface area contributed by atoms with Gasteiger partial charge in [-0.1, -0.05) is 29.8 Å². The normalized spacial score (nSPS) is 20.1. The molecule has 0 radical (unpaired) electrons. The molecule has 7 nitrogen and oxygen atoms in total. The Morgan fingerprint density at radius 2 is 1.77 bits per heavy atom. The lowest BCUT2D eigenvalue weighted by Crippen LogP contribution is -2.40. The van der Waals surface area contributed by atoms with Crippen LogP contribution in [0.3, 0.4) is 0 Å². The molecule has 1 amide bonds. The Labute approximate surface area is 183 Å². The van der Waals surface area contributed by atoms with Gasteiger partial charge in [0.05, 0.1) is 26.4 Å². The van der Waals surface area contributed by atoms with Gasteiger partial charge in [0, 0.05) is 25.2 Å². The molecule has 2 saturated heterocycles. The standard InChI is InChI=1S/C23H28N2O5S/c1-17-5-7-18(8-6-17)20-4-3-11-25(20)23(26)19-9-10-21(29-2)22(16-19)31(27,28)24-12-14-30-15-13-24/h5-10,16,20H,3-4,11-15H2,1-2H3. The van der Waals surface area contributed by atoms with E-state index in [4.69, 9.17) is 9.47 Å². The first-order valence-electron chi connectivity index (χ1n) is 10.6. The minimum Gasteiger partial charge on any atom is -0.495 e. The zero-order valence-corrected chi connectivity index (χ0v) is 18.7. The number of nitrogens with zero attached hydrogens (tertiary/aromatic N) is 2. The molecule has 2 aliphatic rings. The summed E-state index contributed by atoms with van der Waals surface area (Å²) in [5, 5.41) is 0. The molecule has 1 unspecified atom stereocenters. The lowest BCUT2D eigenvalue weighted by atomic mass is 10.0. The van der Waals surface area contributed by atoms with Crippen LogP contribution in [-0.2, 0) is 14.8 Å². The second kappa shape index (κ2) is 8.98. The number of hydrogen-bond donors (Lipinski definition) is 0. The minimum atomic E-state index is -3.80. The highest BCUT2D eigenvalue weighted by molar-refractivity contribution is 7.89. The van der Waals surface area contributed by atoms with Crippen LogP contribution in [0.4, 0.5) is 0 Å². The van der Waals surface area contributed by atoms with E-state index in [-0.39, 0.29) is 35.7 Å². The summed E-state index contributed by atoms with van der Waals surface area (Å²) in [4.78, 5) is 15.3. The summed E-state index contributed by atoms with van der Waals surface area (Å²) in [5.41, 5.74) is 2.63. The number of amides is 1. The Hall–Kier alpha value is -2.42. The van der Waals surface area contributed by atoms with Gasteiger partial charge in [0.25, 0.3) is 5.91 Å². The van der Waals surface area contributed by atoms with Crippen LogP contribution in [0.2, 0.25) is 0 Å². The predicted octanol–water partition coefficient (Wildman–Crippen LogP) is 3.00. The summed E-state index contributed by atoms with van der Waals surface area (Å²) in [6.45, 7) is 3.96. The third-order valence-electron chi connectivity index (χ3n) is 5.97. The number of carbonyl (C=O) groups is 1. The van der Waals surface area contributed by atoms with E-state index in [2.05, 4.69) is 24.3 Å². The van der Waals surface area contributed by atoms with E-state index in [1.165, 1.54) is 23.0 Å². The summed E-state index contributed by atoms with van der Waals surface area (Å²) < 4.78 is 38.5. The first-order valence-corrected chi connectivity index (χ1v) is 12.0. The second-order valence-corrected chi connectivity index (χ2v) is 9.86. The Kier molecular flexibility index (Phi) is 6.31. The summed E-state index contributed by atoms with van der Waals surface area (Å²) in [6.07, 6.45) is 1.81. The molecule has 0 bridgehead atoms. The molecule has 0 aromatic heterocycles.